The molecule has 0 aromatic heterocycles. The third-order valence-electron chi connectivity index (χ3n) is 3.47. The molecular formula is C17H28N2O2. The zero-order valence-corrected chi connectivity index (χ0v) is 14.0. The van der Waals surface area contributed by atoms with Crippen LogP contribution in [0.2, 0.25) is 0 Å². The van der Waals surface area contributed by atoms with Crippen molar-refractivity contribution in [2.45, 2.75) is 52.5 Å². The minimum absolute atomic E-state index is 0.000989. The molecule has 0 bridgehead atoms. The van der Waals surface area contributed by atoms with Crippen LogP contribution in [0.15, 0.2) is 12.1 Å². The summed E-state index contributed by atoms with van der Waals surface area (Å²) in [5.74, 6) is 0.902. The smallest absolute Gasteiger partial charge is 0.224 e. The van der Waals surface area contributed by atoms with Gasteiger partial charge in [-0.25, -0.2) is 0 Å². The van der Waals surface area contributed by atoms with Crippen molar-refractivity contribution in [1.82, 2.24) is 5.32 Å². The fourth-order valence-electron chi connectivity index (χ4n) is 2.35. The molecule has 21 heavy (non-hydrogen) atoms. The Hall–Kier alpha value is -1.55. The maximum absolute atomic E-state index is 12.0. The van der Waals surface area contributed by atoms with Gasteiger partial charge in [-0.3, -0.25) is 4.79 Å². The summed E-state index contributed by atoms with van der Waals surface area (Å²) in [4.78, 5) is 12.0. The van der Waals surface area contributed by atoms with Crippen molar-refractivity contribution in [3.8, 4) is 5.75 Å². The van der Waals surface area contributed by atoms with Gasteiger partial charge >= 0.3 is 0 Å². The van der Waals surface area contributed by atoms with Gasteiger partial charge in [0, 0.05) is 18.2 Å². The number of amides is 1. The largest absolute Gasteiger partial charge is 0.496 e. The second kappa shape index (κ2) is 6.94. The van der Waals surface area contributed by atoms with Crippen molar-refractivity contribution in [3.05, 3.63) is 28.8 Å². The van der Waals surface area contributed by atoms with E-state index >= 15 is 0 Å². The summed E-state index contributed by atoms with van der Waals surface area (Å²) in [6.07, 6.45) is 0.359. The summed E-state index contributed by atoms with van der Waals surface area (Å²) in [5, 5.41) is 2.89. The van der Waals surface area contributed by atoms with Gasteiger partial charge < -0.3 is 15.8 Å². The zero-order valence-electron chi connectivity index (χ0n) is 14.0. The van der Waals surface area contributed by atoms with E-state index in [1.54, 1.807) is 7.11 Å². The maximum atomic E-state index is 12.0. The fourth-order valence-corrected chi connectivity index (χ4v) is 2.35. The molecular weight excluding hydrogens is 264 g/mol. The molecule has 1 atom stereocenters. The van der Waals surface area contributed by atoms with Crippen molar-refractivity contribution < 1.29 is 9.53 Å². The molecule has 1 rings (SSSR count). The van der Waals surface area contributed by atoms with Gasteiger partial charge in [-0.05, 0) is 30.4 Å². The Morgan fingerprint density at radius 2 is 2.00 bits per heavy atom. The van der Waals surface area contributed by atoms with Gasteiger partial charge in [-0.2, -0.15) is 0 Å². The van der Waals surface area contributed by atoms with Gasteiger partial charge in [0.05, 0.1) is 13.5 Å². The quantitative estimate of drug-likeness (QED) is 0.875. The van der Waals surface area contributed by atoms with Crippen LogP contribution in [0.3, 0.4) is 0 Å². The number of rotatable bonds is 5. The van der Waals surface area contributed by atoms with Crippen molar-refractivity contribution in [2.24, 2.45) is 5.73 Å². The number of hydrogen-bond donors (Lipinski definition) is 2. The summed E-state index contributed by atoms with van der Waals surface area (Å²) in [7, 11) is 1.69. The molecule has 0 heterocycles. The normalized spacial score (nSPS) is 12.9. The maximum Gasteiger partial charge on any atom is 0.224 e. The molecule has 0 aliphatic rings. The van der Waals surface area contributed by atoms with Crippen LogP contribution in [0.5, 0.6) is 5.75 Å². The summed E-state index contributed by atoms with van der Waals surface area (Å²) in [6, 6.07) is 4.08. The van der Waals surface area contributed by atoms with Crippen molar-refractivity contribution >= 4 is 5.91 Å². The Morgan fingerprint density at radius 3 is 2.48 bits per heavy atom. The average Bonchev–Trinajstić information content (AvgIpc) is 2.36. The van der Waals surface area contributed by atoms with Gasteiger partial charge in [0.2, 0.25) is 5.91 Å². The van der Waals surface area contributed by atoms with Crippen LogP contribution in [-0.2, 0) is 16.6 Å². The van der Waals surface area contributed by atoms with Gasteiger partial charge in [0.15, 0.2) is 0 Å². The van der Waals surface area contributed by atoms with E-state index in [1.807, 2.05) is 19.9 Å². The first-order valence-electron chi connectivity index (χ1n) is 7.36. The third kappa shape index (κ3) is 4.74. The summed E-state index contributed by atoms with van der Waals surface area (Å²) >= 11 is 0. The highest BCUT2D eigenvalue weighted by atomic mass is 16.5. The van der Waals surface area contributed by atoms with Crippen LogP contribution in [0.4, 0.5) is 0 Å². The SMILES string of the molecule is COc1c(C)cc(CC(=O)NC(C)CN)cc1C(C)(C)C. The van der Waals surface area contributed by atoms with Gasteiger partial charge in [0.1, 0.15) is 5.75 Å². The first-order valence-corrected chi connectivity index (χ1v) is 7.36. The number of benzene rings is 1. The molecule has 4 heteroatoms. The Balaban J connectivity index is 3.05. The predicted molar refractivity (Wildman–Crippen MR) is 86.8 cm³/mol. The molecule has 0 aliphatic carbocycles. The molecule has 0 radical (unpaired) electrons. The van der Waals surface area contributed by atoms with Crippen LogP contribution in [0.1, 0.15) is 44.4 Å². The molecule has 3 N–H and O–H groups in total. The average molecular weight is 292 g/mol. The molecule has 0 spiro atoms. The topological polar surface area (TPSA) is 64.3 Å². The summed E-state index contributed by atoms with van der Waals surface area (Å²) in [6.45, 7) is 10.8. The van der Waals surface area contributed by atoms with Gasteiger partial charge in [-0.1, -0.05) is 32.9 Å². The molecule has 0 saturated carbocycles. The van der Waals surface area contributed by atoms with Gasteiger partial charge in [0.25, 0.3) is 0 Å². The monoisotopic (exact) mass is 292 g/mol. The number of carbonyl (C=O) groups is 1. The van der Waals surface area contributed by atoms with Gasteiger partial charge in [-0.15, -0.1) is 0 Å². The summed E-state index contributed by atoms with van der Waals surface area (Å²) in [5.41, 5.74) is 8.67. The number of nitrogens with two attached hydrogens (primary N) is 1. The molecule has 1 amide bonds. The van der Waals surface area contributed by atoms with E-state index in [2.05, 4.69) is 32.2 Å². The Labute approximate surface area is 128 Å². The molecule has 1 aromatic rings. The fraction of sp³-hybridized carbons (Fsp3) is 0.588. The second-order valence-electron chi connectivity index (χ2n) is 6.62. The number of carbonyl (C=O) groups excluding carboxylic acids is 1. The molecule has 0 aliphatic heterocycles. The van der Waals surface area contributed by atoms with E-state index < -0.39 is 0 Å². The van der Waals surface area contributed by atoms with E-state index in [9.17, 15) is 4.79 Å². The highest BCUT2D eigenvalue weighted by Gasteiger charge is 2.21. The van der Waals surface area contributed by atoms with Crippen LogP contribution < -0.4 is 15.8 Å². The molecule has 0 saturated heterocycles. The first-order chi connectivity index (χ1) is 9.68. The lowest BCUT2D eigenvalue weighted by Crippen LogP contribution is -2.38. The van der Waals surface area contributed by atoms with Crippen LogP contribution >= 0.6 is 0 Å². The minimum atomic E-state index is -0.0346. The first kappa shape index (κ1) is 17.5. The molecule has 1 unspecified atom stereocenters. The van der Waals surface area contributed by atoms with E-state index in [0.717, 1.165) is 22.4 Å². The number of ether oxygens (including phenoxy) is 1. The highest BCUT2D eigenvalue weighted by molar-refractivity contribution is 5.79. The van der Waals surface area contributed by atoms with Crippen molar-refractivity contribution in [1.29, 1.82) is 0 Å². The number of aryl methyl sites for hydroxylation is 1. The Kier molecular flexibility index (Phi) is 5.78. The molecule has 1 aromatic carbocycles. The lowest BCUT2D eigenvalue weighted by atomic mass is 9.83. The lowest BCUT2D eigenvalue weighted by Gasteiger charge is -2.24. The van der Waals surface area contributed by atoms with Crippen LogP contribution in [0, 0.1) is 6.92 Å². The van der Waals surface area contributed by atoms with Crippen LogP contribution in [-0.4, -0.2) is 25.6 Å². The number of hydrogen-bond acceptors (Lipinski definition) is 3. The van der Waals surface area contributed by atoms with E-state index in [0.29, 0.717) is 13.0 Å². The predicted octanol–water partition coefficient (Wildman–Crippen LogP) is 2.31. The second-order valence-corrected chi connectivity index (χ2v) is 6.62. The number of nitrogens with one attached hydrogen (secondary N) is 1. The standard InChI is InChI=1S/C17H28N2O2/c1-11-7-13(9-15(20)19-12(2)10-18)8-14(16(11)21-6)17(3,4)5/h7-8,12H,9-10,18H2,1-6H3,(H,19,20). The third-order valence-corrected chi connectivity index (χ3v) is 3.47. The van der Waals surface area contributed by atoms with E-state index in [4.69, 9.17) is 10.5 Å². The van der Waals surface area contributed by atoms with Crippen molar-refractivity contribution in [2.75, 3.05) is 13.7 Å². The molecule has 118 valence electrons. The van der Waals surface area contributed by atoms with Crippen molar-refractivity contribution in [3.63, 3.8) is 0 Å². The highest BCUT2D eigenvalue weighted by Crippen LogP contribution is 2.34. The molecule has 4 nitrogen and oxygen atoms in total. The molecule has 0 fully saturated rings. The van der Waals surface area contributed by atoms with Crippen LogP contribution in [0.25, 0.3) is 0 Å². The Morgan fingerprint density at radius 1 is 1.38 bits per heavy atom. The van der Waals surface area contributed by atoms with E-state index in [-0.39, 0.29) is 17.4 Å². The van der Waals surface area contributed by atoms with E-state index in [1.165, 1.54) is 0 Å². The summed E-state index contributed by atoms with van der Waals surface area (Å²) < 4.78 is 5.53. The zero-order chi connectivity index (χ0) is 16.2. The number of methoxy groups -OCH3 is 1. The minimum Gasteiger partial charge on any atom is -0.496 e. The Bertz CT molecular complexity index is 504. The lowest BCUT2D eigenvalue weighted by molar-refractivity contribution is -0.120.